The molecule has 5 unspecified atom stereocenters. The number of carboxylic acids is 1. The molecule has 2 bridgehead atoms. The van der Waals surface area contributed by atoms with E-state index in [1.165, 1.54) is 0 Å². The van der Waals surface area contributed by atoms with Crippen molar-refractivity contribution in [2.24, 2.45) is 23.2 Å². The van der Waals surface area contributed by atoms with E-state index in [0.717, 1.165) is 95.8 Å². The number of carbonyl (C=O) groups is 1. The standard InChI is InChI=1S/C43H53N9O5S/c1-25-17-42(19-28-20-43(18-25,21-33(28)42)57-16-14-44-13-12-29(54)23-53)24-52-27(3)32(22-45-52)31-10-11-36(47-37(31)40(55)56)51-15-6-7-30-26(2)38(49-50-39(30)51)48-41-46-34-8-4-5-9-35(34)58-41/h4-5,8-11,22,25,28-29,33,44,53-54H,6-7,12-21,23-24H2,1-3H3,(H,55,56)(H,46,48,49)/t25?,28?,29-,33?,42?,43?/m0/s1. The zero-order chi connectivity index (χ0) is 40.2. The monoisotopic (exact) mass is 807 g/mol. The van der Waals surface area contributed by atoms with Crippen LogP contribution in [0.3, 0.4) is 0 Å². The van der Waals surface area contributed by atoms with Gasteiger partial charge in [-0.05, 0) is 119 Å². The normalized spacial score (nSPS) is 25.3. The van der Waals surface area contributed by atoms with Gasteiger partial charge in [-0.1, -0.05) is 30.4 Å². The maximum atomic E-state index is 12.9. The Kier molecular flexibility index (Phi) is 10.5. The van der Waals surface area contributed by atoms with Gasteiger partial charge in [0, 0.05) is 47.6 Å². The van der Waals surface area contributed by atoms with E-state index in [1.807, 2.05) is 55.3 Å². The van der Waals surface area contributed by atoms with Gasteiger partial charge in [0.1, 0.15) is 5.82 Å². The van der Waals surface area contributed by atoms with Gasteiger partial charge in [0.05, 0.1) is 41.3 Å². The van der Waals surface area contributed by atoms with Gasteiger partial charge in [-0.15, -0.1) is 10.2 Å². The minimum absolute atomic E-state index is 0.00664. The van der Waals surface area contributed by atoms with Crippen LogP contribution >= 0.6 is 11.3 Å². The molecule has 4 aromatic heterocycles. The minimum atomic E-state index is -1.09. The van der Waals surface area contributed by atoms with Crippen molar-refractivity contribution in [2.45, 2.75) is 90.4 Å². The molecule has 9 rings (SSSR count). The van der Waals surface area contributed by atoms with Crippen LogP contribution in [0.4, 0.5) is 22.6 Å². The molecule has 0 radical (unpaired) electrons. The molecule has 5 aromatic rings. The van der Waals surface area contributed by atoms with Gasteiger partial charge >= 0.3 is 5.97 Å². The third kappa shape index (κ3) is 7.14. The number of thiazole rings is 1. The summed E-state index contributed by atoms with van der Waals surface area (Å²) >= 11 is 1.57. The lowest BCUT2D eigenvalue weighted by Gasteiger charge is -2.54. The third-order valence-electron chi connectivity index (χ3n) is 13.4. The fraction of sp³-hybridized carbons (Fsp3) is 0.535. The van der Waals surface area contributed by atoms with E-state index in [9.17, 15) is 15.0 Å². The van der Waals surface area contributed by atoms with Crippen LogP contribution < -0.4 is 15.5 Å². The molecule has 5 N–H and O–H groups in total. The molecule has 3 saturated carbocycles. The van der Waals surface area contributed by atoms with Crippen molar-refractivity contribution < 1.29 is 24.9 Å². The largest absolute Gasteiger partial charge is 0.476 e. The lowest BCUT2D eigenvalue weighted by molar-refractivity contribution is -0.0737. The van der Waals surface area contributed by atoms with Gasteiger partial charge in [-0.3, -0.25) is 4.68 Å². The average Bonchev–Trinajstić information content (AvgIpc) is 3.87. The Morgan fingerprint density at radius 2 is 1.91 bits per heavy atom. The highest BCUT2D eigenvalue weighted by molar-refractivity contribution is 7.22. The van der Waals surface area contributed by atoms with Crippen molar-refractivity contribution in [3.05, 3.63) is 65.1 Å². The Morgan fingerprint density at radius 1 is 1.05 bits per heavy atom. The van der Waals surface area contributed by atoms with Crippen LogP contribution in [0.25, 0.3) is 21.3 Å². The number of nitrogens with zero attached hydrogens (tertiary/aromatic N) is 7. The predicted octanol–water partition coefficient (Wildman–Crippen LogP) is 6.42. The summed E-state index contributed by atoms with van der Waals surface area (Å²) in [6.45, 7) is 9.70. The zero-order valence-corrected chi connectivity index (χ0v) is 34.3. The number of aliphatic hydroxyl groups is 2. The predicted molar refractivity (Wildman–Crippen MR) is 223 cm³/mol. The number of para-hydroxylation sites is 1. The number of hydrogen-bond acceptors (Lipinski definition) is 13. The van der Waals surface area contributed by atoms with Gasteiger partial charge in [-0.25, -0.2) is 14.8 Å². The maximum Gasteiger partial charge on any atom is 0.355 e. The summed E-state index contributed by atoms with van der Waals surface area (Å²) in [7, 11) is 0. The Hall–Kier alpha value is -4.54. The number of ether oxygens (including phenoxy) is 1. The smallest absolute Gasteiger partial charge is 0.355 e. The Morgan fingerprint density at radius 3 is 2.74 bits per heavy atom. The zero-order valence-electron chi connectivity index (χ0n) is 33.4. The van der Waals surface area contributed by atoms with Crippen molar-refractivity contribution in [3.8, 4) is 11.1 Å². The van der Waals surface area contributed by atoms with Crippen LogP contribution in [-0.4, -0.2) is 95.8 Å². The summed E-state index contributed by atoms with van der Waals surface area (Å²) in [6, 6.07) is 11.8. The summed E-state index contributed by atoms with van der Waals surface area (Å²) in [6.07, 6.45) is 8.86. The van der Waals surface area contributed by atoms with Crippen LogP contribution in [0.5, 0.6) is 0 Å². The second kappa shape index (κ2) is 15.6. The van der Waals surface area contributed by atoms with E-state index in [0.29, 0.717) is 66.9 Å². The Balaban J connectivity index is 0.908. The number of fused-ring (bicyclic) bond motifs is 3. The summed E-state index contributed by atoms with van der Waals surface area (Å²) < 4.78 is 9.90. The molecular weight excluding hydrogens is 755 g/mol. The molecule has 58 heavy (non-hydrogen) atoms. The fourth-order valence-electron chi connectivity index (χ4n) is 10.9. The highest BCUT2D eigenvalue weighted by atomic mass is 32.1. The summed E-state index contributed by atoms with van der Waals surface area (Å²) in [5.74, 6) is 2.55. The SMILES string of the molecule is Cc1c(Nc2nc3ccccc3s2)nnc2c1CCCN2c1ccc(-c2cnn(CC34CC(C)CC5(OCCNCC[C@H](O)CO)CC(C3)C4C5)c2C)c(C(=O)O)n1. The molecule has 306 valence electrons. The number of hydrogen-bond donors (Lipinski definition) is 5. The van der Waals surface area contributed by atoms with Crippen molar-refractivity contribution in [1.29, 1.82) is 0 Å². The van der Waals surface area contributed by atoms with Crippen LogP contribution in [0, 0.1) is 37.0 Å². The molecule has 0 spiro atoms. The molecule has 5 heterocycles. The minimum Gasteiger partial charge on any atom is -0.476 e. The van der Waals surface area contributed by atoms with E-state index in [1.54, 1.807) is 11.3 Å². The lowest BCUT2D eigenvalue weighted by atomic mass is 9.52. The summed E-state index contributed by atoms with van der Waals surface area (Å²) in [5, 5.41) is 50.8. The lowest BCUT2D eigenvalue weighted by Crippen LogP contribution is -2.49. The molecule has 0 saturated heterocycles. The van der Waals surface area contributed by atoms with E-state index in [2.05, 4.69) is 38.5 Å². The number of pyridine rings is 1. The number of anilines is 4. The molecule has 14 nitrogen and oxygen atoms in total. The van der Waals surface area contributed by atoms with Gasteiger partial charge in [0.15, 0.2) is 22.5 Å². The quantitative estimate of drug-likeness (QED) is 0.0731. The molecule has 1 aliphatic heterocycles. The first-order valence-electron chi connectivity index (χ1n) is 20.7. The summed E-state index contributed by atoms with van der Waals surface area (Å²) in [5.41, 5.74) is 5.31. The number of rotatable bonds is 15. The van der Waals surface area contributed by atoms with Crippen molar-refractivity contribution in [3.63, 3.8) is 0 Å². The van der Waals surface area contributed by atoms with Crippen LogP contribution in [0.1, 0.15) is 79.2 Å². The highest BCUT2D eigenvalue weighted by Crippen LogP contribution is 2.69. The van der Waals surface area contributed by atoms with Gasteiger partial charge in [0.25, 0.3) is 0 Å². The molecule has 0 amide bonds. The van der Waals surface area contributed by atoms with E-state index in [-0.39, 0.29) is 23.3 Å². The number of nitrogens with one attached hydrogen (secondary N) is 2. The Bertz CT molecular complexity index is 2300. The first kappa shape index (κ1) is 38.9. The number of aromatic carboxylic acids is 1. The number of aliphatic hydroxyl groups excluding tert-OH is 2. The van der Waals surface area contributed by atoms with E-state index < -0.39 is 12.1 Å². The molecule has 15 heteroatoms. The summed E-state index contributed by atoms with van der Waals surface area (Å²) in [4.78, 5) is 24.3. The molecular formula is C43H53N9O5S. The van der Waals surface area contributed by atoms with Crippen LogP contribution in [0.2, 0.25) is 0 Å². The molecule has 3 aliphatic carbocycles. The van der Waals surface area contributed by atoms with Crippen LogP contribution in [0.15, 0.2) is 42.6 Å². The molecule has 6 atom stereocenters. The molecule has 4 aliphatic rings. The van der Waals surface area contributed by atoms with Crippen molar-refractivity contribution in [1.82, 2.24) is 35.3 Å². The molecule has 1 aromatic carbocycles. The van der Waals surface area contributed by atoms with E-state index >= 15 is 0 Å². The Labute approximate surface area is 342 Å². The number of aromatic nitrogens is 6. The molecule has 3 fully saturated rings. The van der Waals surface area contributed by atoms with Gasteiger partial charge in [-0.2, -0.15) is 5.10 Å². The van der Waals surface area contributed by atoms with E-state index in [4.69, 9.17) is 24.9 Å². The number of carboxylic acid groups (broad SMARTS) is 1. The van der Waals surface area contributed by atoms with Crippen molar-refractivity contribution in [2.75, 3.05) is 43.1 Å². The van der Waals surface area contributed by atoms with Crippen LogP contribution in [-0.2, 0) is 17.7 Å². The number of benzene rings is 1. The average molecular weight is 808 g/mol. The first-order valence-corrected chi connectivity index (χ1v) is 21.5. The topological polar surface area (TPSA) is 184 Å². The van der Waals surface area contributed by atoms with Gasteiger partial charge in [0.2, 0.25) is 0 Å². The van der Waals surface area contributed by atoms with Crippen molar-refractivity contribution >= 4 is 50.1 Å². The fourth-order valence-corrected chi connectivity index (χ4v) is 11.7. The van der Waals surface area contributed by atoms with Gasteiger partial charge < -0.3 is 35.6 Å². The maximum absolute atomic E-state index is 12.9. The third-order valence-corrected chi connectivity index (χ3v) is 14.4. The highest BCUT2D eigenvalue weighted by Gasteiger charge is 2.64. The first-order chi connectivity index (χ1) is 28.0. The second-order valence-electron chi connectivity index (χ2n) is 17.3. The second-order valence-corrected chi connectivity index (χ2v) is 18.3.